The van der Waals surface area contributed by atoms with Gasteiger partial charge in [0.2, 0.25) is 0 Å². The van der Waals surface area contributed by atoms with Gasteiger partial charge in [-0.1, -0.05) is 11.6 Å². The molecular formula is C9H12O3. The smallest absolute Gasteiger partial charge is 0.121 e. The molecule has 3 heteroatoms. The summed E-state index contributed by atoms with van der Waals surface area (Å²) in [7, 11) is 0. The molecule has 0 saturated carbocycles. The highest BCUT2D eigenvalue weighted by atomic mass is 16.3. The molecule has 12 heavy (non-hydrogen) atoms. The average Bonchev–Trinajstić information content (AvgIpc) is 2.08. The Labute approximate surface area is 70.9 Å². The normalized spacial score (nSPS) is 12.9. The Kier molecular flexibility index (Phi) is 2.68. The van der Waals surface area contributed by atoms with Gasteiger partial charge in [-0.15, -0.1) is 0 Å². The zero-order valence-electron chi connectivity index (χ0n) is 6.86. The van der Waals surface area contributed by atoms with Crippen molar-refractivity contribution in [2.24, 2.45) is 0 Å². The van der Waals surface area contributed by atoms with E-state index in [-0.39, 0.29) is 12.4 Å². The van der Waals surface area contributed by atoms with Crippen molar-refractivity contribution in [1.29, 1.82) is 0 Å². The number of phenols is 1. The van der Waals surface area contributed by atoms with Crippen LogP contribution in [0.2, 0.25) is 0 Å². The molecule has 0 bridgehead atoms. The van der Waals surface area contributed by atoms with Crippen LogP contribution in [0.1, 0.15) is 17.2 Å². The van der Waals surface area contributed by atoms with E-state index in [4.69, 9.17) is 5.11 Å². The van der Waals surface area contributed by atoms with E-state index >= 15 is 0 Å². The predicted molar refractivity (Wildman–Crippen MR) is 44.9 cm³/mol. The summed E-state index contributed by atoms with van der Waals surface area (Å²) in [4.78, 5) is 0. The van der Waals surface area contributed by atoms with E-state index in [2.05, 4.69) is 0 Å². The van der Waals surface area contributed by atoms with E-state index in [0.29, 0.717) is 5.56 Å². The minimum atomic E-state index is -0.995. The first kappa shape index (κ1) is 9.03. The number of phenolic OH excluding ortho intramolecular Hbond substituents is 1. The van der Waals surface area contributed by atoms with Crippen LogP contribution < -0.4 is 0 Å². The summed E-state index contributed by atoms with van der Waals surface area (Å²) < 4.78 is 0. The van der Waals surface area contributed by atoms with Crippen molar-refractivity contribution < 1.29 is 15.3 Å². The molecule has 0 aliphatic carbocycles. The molecule has 0 aliphatic rings. The molecule has 0 radical (unpaired) electrons. The first-order chi connectivity index (χ1) is 5.65. The van der Waals surface area contributed by atoms with E-state index in [9.17, 15) is 10.2 Å². The number of aliphatic hydroxyl groups is 2. The molecule has 1 aromatic carbocycles. The van der Waals surface area contributed by atoms with E-state index in [1.165, 1.54) is 6.07 Å². The lowest BCUT2D eigenvalue weighted by Gasteiger charge is -2.09. The summed E-state index contributed by atoms with van der Waals surface area (Å²) in [6.45, 7) is 1.48. The van der Waals surface area contributed by atoms with Crippen LogP contribution in [0.5, 0.6) is 5.75 Å². The van der Waals surface area contributed by atoms with Gasteiger partial charge in [-0.05, 0) is 19.1 Å². The highest BCUT2D eigenvalue weighted by molar-refractivity contribution is 5.37. The topological polar surface area (TPSA) is 60.7 Å². The average molecular weight is 168 g/mol. The highest BCUT2D eigenvalue weighted by Crippen LogP contribution is 2.24. The number of hydrogen-bond donors (Lipinski definition) is 3. The maximum absolute atomic E-state index is 9.27. The minimum Gasteiger partial charge on any atom is -0.508 e. The Hall–Kier alpha value is -1.06. The quantitative estimate of drug-likeness (QED) is 0.610. The summed E-state index contributed by atoms with van der Waals surface area (Å²) in [5.74, 6) is 0.0159. The van der Waals surface area contributed by atoms with Gasteiger partial charge < -0.3 is 15.3 Å². The van der Waals surface area contributed by atoms with E-state index in [0.717, 1.165) is 5.56 Å². The predicted octanol–water partition coefficient (Wildman–Crippen LogP) is 0.726. The molecule has 1 atom stereocenters. The number of aryl methyl sites for hydroxylation is 1. The first-order valence-electron chi connectivity index (χ1n) is 3.73. The van der Waals surface area contributed by atoms with Crippen molar-refractivity contribution in [2.45, 2.75) is 13.0 Å². The SMILES string of the molecule is Cc1ccc(O)c(C(O)CO)c1. The number of benzene rings is 1. The summed E-state index contributed by atoms with van der Waals surface area (Å²) in [6.07, 6.45) is -0.995. The van der Waals surface area contributed by atoms with Crippen molar-refractivity contribution in [2.75, 3.05) is 6.61 Å². The van der Waals surface area contributed by atoms with Crippen molar-refractivity contribution in [3.05, 3.63) is 29.3 Å². The third-order valence-electron chi connectivity index (χ3n) is 1.71. The molecule has 1 unspecified atom stereocenters. The Morgan fingerprint density at radius 3 is 2.67 bits per heavy atom. The Morgan fingerprint density at radius 2 is 2.08 bits per heavy atom. The van der Waals surface area contributed by atoms with Crippen LogP contribution in [0.3, 0.4) is 0 Å². The second-order valence-corrected chi connectivity index (χ2v) is 2.76. The molecule has 3 nitrogen and oxygen atoms in total. The molecule has 0 amide bonds. The molecule has 0 spiro atoms. The summed E-state index contributed by atoms with van der Waals surface area (Å²) in [5, 5.41) is 27.1. The fraction of sp³-hybridized carbons (Fsp3) is 0.333. The second kappa shape index (κ2) is 3.56. The number of hydrogen-bond acceptors (Lipinski definition) is 3. The van der Waals surface area contributed by atoms with Gasteiger partial charge in [0, 0.05) is 5.56 Å². The Balaban J connectivity index is 3.04. The highest BCUT2D eigenvalue weighted by Gasteiger charge is 2.10. The lowest BCUT2D eigenvalue weighted by Crippen LogP contribution is -2.02. The molecule has 66 valence electrons. The molecular weight excluding hydrogens is 156 g/mol. The van der Waals surface area contributed by atoms with Gasteiger partial charge in [-0.25, -0.2) is 0 Å². The van der Waals surface area contributed by atoms with Crippen LogP contribution in [0, 0.1) is 6.92 Å². The molecule has 0 aromatic heterocycles. The summed E-state index contributed by atoms with van der Waals surface area (Å²) >= 11 is 0. The van der Waals surface area contributed by atoms with Gasteiger partial charge in [-0.3, -0.25) is 0 Å². The maximum atomic E-state index is 9.27. The molecule has 0 heterocycles. The van der Waals surface area contributed by atoms with Gasteiger partial charge >= 0.3 is 0 Å². The van der Waals surface area contributed by atoms with Gasteiger partial charge in [-0.2, -0.15) is 0 Å². The summed E-state index contributed by atoms with van der Waals surface area (Å²) in [6, 6.07) is 4.89. The van der Waals surface area contributed by atoms with Gasteiger partial charge in [0.15, 0.2) is 0 Å². The fourth-order valence-electron chi connectivity index (χ4n) is 1.04. The van der Waals surface area contributed by atoms with Crippen molar-refractivity contribution >= 4 is 0 Å². The van der Waals surface area contributed by atoms with E-state index in [1.807, 2.05) is 6.92 Å². The third-order valence-corrected chi connectivity index (χ3v) is 1.71. The standard InChI is InChI=1S/C9H12O3/c1-6-2-3-8(11)7(4-6)9(12)5-10/h2-4,9-12H,5H2,1H3. The zero-order chi connectivity index (χ0) is 9.14. The van der Waals surface area contributed by atoms with Crippen LogP contribution in [-0.2, 0) is 0 Å². The number of rotatable bonds is 2. The lowest BCUT2D eigenvalue weighted by molar-refractivity contribution is 0.0934. The number of aromatic hydroxyl groups is 1. The summed E-state index contributed by atoms with van der Waals surface area (Å²) in [5.41, 5.74) is 1.31. The molecule has 0 aliphatic heterocycles. The van der Waals surface area contributed by atoms with E-state index in [1.54, 1.807) is 12.1 Å². The molecule has 1 aromatic rings. The molecule has 0 fully saturated rings. The minimum absolute atomic E-state index is 0.0159. The largest absolute Gasteiger partial charge is 0.508 e. The van der Waals surface area contributed by atoms with Crippen molar-refractivity contribution in [3.63, 3.8) is 0 Å². The van der Waals surface area contributed by atoms with Gasteiger partial charge in [0.1, 0.15) is 11.9 Å². The monoisotopic (exact) mass is 168 g/mol. The van der Waals surface area contributed by atoms with Crippen LogP contribution in [0.25, 0.3) is 0 Å². The van der Waals surface area contributed by atoms with E-state index < -0.39 is 6.10 Å². The maximum Gasteiger partial charge on any atom is 0.121 e. The molecule has 0 saturated heterocycles. The lowest BCUT2D eigenvalue weighted by atomic mass is 10.1. The van der Waals surface area contributed by atoms with Crippen LogP contribution >= 0.6 is 0 Å². The molecule has 3 N–H and O–H groups in total. The Bertz CT molecular complexity index is 270. The van der Waals surface area contributed by atoms with Gasteiger partial charge in [0.05, 0.1) is 6.61 Å². The number of aliphatic hydroxyl groups excluding tert-OH is 2. The third kappa shape index (κ3) is 1.75. The van der Waals surface area contributed by atoms with Crippen molar-refractivity contribution in [1.82, 2.24) is 0 Å². The second-order valence-electron chi connectivity index (χ2n) is 2.76. The molecule has 1 rings (SSSR count). The van der Waals surface area contributed by atoms with Crippen LogP contribution in [0.15, 0.2) is 18.2 Å². The van der Waals surface area contributed by atoms with Crippen molar-refractivity contribution in [3.8, 4) is 5.75 Å². The first-order valence-corrected chi connectivity index (χ1v) is 3.73. The fourth-order valence-corrected chi connectivity index (χ4v) is 1.04. The Morgan fingerprint density at radius 1 is 1.42 bits per heavy atom. The van der Waals surface area contributed by atoms with Gasteiger partial charge in [0.25, 0.3) is 0 Å². The zero-order valence-corrected chi connectivity index (χ0v) is 6.86. The van der Waals surface area contributed by atoms with Crippen LogP contribution in [0.4, 0.5) is 0 Å². The van der Waals surface area contributed by atoms with Crippen LogP contribution in [-0.4, -0.2) is 21.9 Å².